The third-order valence-corrected chi connectivity index (χ3v) is 4.76. The highest BCUT2D eigenvalue weighted by Crippen LogP contribution is 2.30. The molecule has 3 rings (SSSR count). The van der Waals surface area contributed by atoms with Crippen LogP contribution in [-0.2, 0) is 6.42 Å². The van der Waals surface area contributed by atoms with Gasteiger partial charge in [0, 0.05) is 30.9 Å². The highest BCUT2D eigenvalue weighted by Gasteiger charge is 2.32. The molecule has 4 nitrogen and oxygen atoms in total. The molecular weight excluding hydrogens is 236 g/mol. The maximum absolute atomic E-state index is 4.05. The van der Waals surface area contributed by atoms with Gasteiger partial charge in [-0.15, -0.1) is 0 Å². The molecule has 3 heterocycles. The Bertz CT molecular complexity index is 360. The van der Waals surface area contributed by atoms with Gasteiger partial charge in [-0.05, 0) is 51.2 Å². The molecule has 2 saturated heterocycles. The van der Waals surface area contributed by atoms with Crippen molar-refractivity contribution in [2.45, 2.75) is 44.6 Å². The van der Waals surface area contributed by atoms with Crippen molar-refractivity contribution in [3.63, 3.8) is 0 Å². The van der Waals surface area contributed by atoms with E-state index in [4.69, 9.17) is 0 Å². The van der Waals surface area contributed by atoms with E-state index in [1.54, 1.807) is 6.33 Å². The second-order valence-corrected chi connectivity index (χ2v) is 6.03. The molecule has 4 heteroatoms. The summed E-state index contributed by atoms with van der Waals surface area (Å²) < 4.78 is 0. The first-order valence-electron chi connectivity index (χ1n) is 7.85. The predicted octanol–water partition coefficient (Wildman–Crippen LogP) is 1.81. The van der Waals surface area contributed by atoms with E-state index in [9.17, 15) is 0 Å². The van der Waals surface area contributed by atoms with E-state index in [0.717, 1.165) is 24.9 Å². The van der Waals surface area contributed by atoms with E-state index in [-0.39, 0.29) is 0 Å². The topological polar surface area (TPSA) is 44.0 Å². The second kappa shape index (κ2) is 6.53. The number of nitrogens with zero attached hydrogens (tertiary/aromatic N) is 2. The van der Waals surface area contributed by atoms with Crippen molar-refractivity contribution in [1.82, 2.24) is 20.2 Å². The fraction of sp³-hybridized carbons (Fsp3) is 0.800. The number of aromatic nitrogens is 2. The molecular formula is C15H26N4. The molecule has 106 valence electrons. The Morgan fingerprint density at radius 3 is 3.11 bits per heavy atom. The van der Waals surface area contributed by atoms with Gasteiger partial charge in [-0.3, -0.25) is 0 Å². The van der Waals surface area contributed by atoms with Crippen LogP contribution in [0, 0.1) is 5.92 Å². The Morgan fingerprint density at radius 2 is 2.21 bits per heavy atom. The van der Waals surface area contributed by atoms with E-state index in [1.807, 2.05) is 6.20 Å². The van der Waals surface area contributed by atoms with Gasteiger partial charge in [0.15, 0.2) is 0 Å². The van der Waals surface area contributed by atoms with Crippen molar-refractivity contribution < 1.29 is 0 Å². The van der Waals surface area contributed by atoms with Gasteiger partial charge in [-0.2, -0.15) is 0 Å². The van der Waals surface area contributed by atoms with E-state index < -0.39 is 0 Å². The van der Waals surface area contributed by atoms with E-state index in [2.05, 4.69) is 20.2 Å². The van der Waals surface area contributed by atoms with Crippen molar-refractivity contribution in [1.29, 1.82) is 0 Å². The van der Waals surface area contributed by atoms with E-state index in [1.165, 1.54) is 57.4 Å². The maximum Gasteiger partial charge on any atom is 0.0921 e. The number of piperidine rings is 2. The third-order valence-electron chi connectivity index (χ3n) is 4.76. The lowest BCUT2D eigenvalue weighted by Crippen LogP contribution is -2.50. The number of rotatable bonds is 5. The zero-order valence-corrected chi connectivity index (χ0v) is 11.8. The Morgan fingerprint density at radius 1 is 1.26 bits per heavy atom. The zero-order valence-electron chi connectivity index (χ0n) is 11.8. The average molecular weight is 262 g/mol. The summed E-state index contributed by atoms with van der Waals surface area (Å²) in [5, 5.41) is 3.65. The van der Waals surface area contributed by atoms with Crippen molar-refractivity contribution in [3.8, 4) is 0 Å². The van der Waals surface area contributed by atoms with Gasteiger partial charge < -0.3 is 15.2 Å². The summed E-state index contributed by atoms with van der Waals surface area (Å²) in [5.41, 5.74) is 1.23. The number of hydrogen-bond donors (Lipinski definition) is 2. The van der Waals surface area contributed by atoms with Crippen LogP contribution in [0.25, 0.3) is 0 Å². The predicted molar refractivity (Wildman–Crippen MR) is 77.1 cm³/mol. The lowest BCUT2D eigenvalue weighted by molar-refractivity contribution is 0.0596. The molecule has 0 spiro atoms. The number of nitrogens with one attached hydrogen (secondary N) is 2. The molecule has 19 heavy (non-hydrogen) atoms. The highest BCUT2D eigenvalue weighted by atomic mass is 15.2. The van der Waals surface area contributed by atoms with Crippen LogP contribution in [0.15, 0.2) is 12.5 Å². The summed E-state index contributed by atoms with van der Waals surface area (Å²) >= 11 is 0. The lowest BCUT2D eigenvalue weighted by Gasteiger charge is -2.44. The smallest absolute Gasteiger partial charge is 0.0921 e. The summed E-state index contributed by atoms with van der Waals surface area (Å²) in [5.74, 6) is 0.871. The number of H-pyrrole nitrogens is 1. The van der Waals surface area contributed by atoms with Crippen molar-refractivity contribution in [3.05, 3.63) is 18.2 Å². The SMILES string of the molecule is c1ncc(CCNC[C@@H]2CCCN3CCCC[C@H]23)[nH]1. The van der Waals surface area contributed by atoms with Gasteiger partial charge in [0.05, 0.1) is 6.33 Å². The molecule has 1 aromatic heterocycles. The normalized spacial score (nSPS) is 28.2. The lowest BCUT2D eigenvalue weighted by atomic mass is 9.83. The van der Waals surface area contributed by atoms with Crippen LogP contribution in [0.1, 0.15) is 37.8 Å². The Kier molecular flexibility index (Phi) is 4.51. The minimum Gasteiger partial charge on any atom is -0.348 e. The Balaban J connectivity index is 1.41. The quantitative estimate of drug-likeness (QED) is 0.795. The van der Waals surface area contributed by atoms with Crippen LogP contribution in [0.4, 0.5) is 0 Å². The monoisotopic (exact) mass is 262 g/mol. The number of fused-ring (bicyclic) bond motifs is 1. The largest absolute Gasteiger partial charge is 0.348 e. The maximum atomic E-state index is 4.05. The number of hydrogen-bond acceptors (Lipinski definition) is 3. The minimum atomic E-state index is 0.863. The fourth-order valence-corrected chi connectivity index (χ4v) is 3.75. The minimum absolute atomic E-state index is 0.863. The number of aromatic amines is 1. The molecule has 2 aliphatic rings. The second-order valence-electron chi connectivity index (χ2n) is 6.03. The molecule has 2 atom stereocenters. The summed E-state index contributed by atoms with van der Waals surface area (Å²) in [6, 6.07) is 0.863. The van der Waals surface area contributed by atoms with Crippen LogP contribution in [0.2, 0.25) is 0 Å². The van der Waals surface area contributed by atoms with Crippen molar-refractivity contribution >= 4 is 0 Å². The summed E-state index contributed by atoms with van der Waals surface area (Å²) in [6.45, 7) is 4.94. The Hall–Kier alpha value is -0.870. The first-order valence-corrected chi connectivity index (χ1v) is 7.85. The van der Waals surface area contributed by atoms with E-state index in [0.29, 0.717) is 0 Å². The molecule has 2 N–H and O–H groups in total. The van der Waals surface area contributed by atoms with Gasteiger partial charge in [0.25, 0.3) is 0 Å². The molecule has 0 bridgehead atoms. The van der Waals surface area contributed by atoms with Crippen LogP contribution in [0.5, 0.6) is 0 Å². The third kappa shape index (κ3) is 3.37. The standard InChI is InChI=1S/C15H26N4/c1-2-8-19-9-3-4-13(15(19)5-1)10-16-7-6-14-11-17-12-18-14/h11-13,15-16H,1-10H2,(H,17,18)/t13-,15+/m0/s1. The first-order chi connectivity index (χ1) is 9.43. The van der Waals surface area contributed by atoms with Gasteiger partial charge in [0.2, 0.25) is 0 Å². The summed E-state index contributed by atoms with van der Waals surface area (Å²) in [4.78, 5) is 9.96. The molecule has 0 aliphatic carbocycles. The van der Waals surface area contributed by atoms with Gasteiger partial charge >= 0.3 is 0 Å². The van der Waals surface area contributed by atoms with Crippen molar-refractivity contribution in [2.24, 2.45) is 5.92 Å². The van der Waals surface area contributed by atoms with Crippen LogP contribution in [0.3, 0.4) is 0 Å². The first kappa shape index (κ1) is 13.1. The summed E-state index contributed by atoms with van der Waals surface area (Å²) in [7, 11) is 0. The van der Waals surface area contributed by atoms with Gasteiger partial charge in [0.1, 0.15) is 0 Å². The molecule has 0 radical (unpaired) electrons. The average Bonchev–Trinajstić information content (AvgIpc) is 2.97. The van der Waals surface area contributed by atoms with Crippen molar-refractivity contribution in [2.75, 3.05) is 26.2 Å². The van der Waals surface area contributed by atoms with Crippen LogP contribution in [-0.4, -0.2) is 47.1 Å². The molecule has 0 saturated carbocycles. The van der Waals surface area contributed by atoms with Crippen LogP contribution < -0.4 is 5.32 Å². The van der Waals surface area contributed by atoms with Crippen LogP contribution >= 0.6 is 0 Å². The fourth-order valence-electron chi connectivity index (χ4n) is 3.75. The molecule has 1 aromatic rings. The highest BCUT2D eigenvalue weighted by molar-refractivity contribution is 4.95. The van der Waals surface area contributed by atoms with Gasteiger partial charge in [-0.25, -0.2) is 4.98 Å². The van der Waals surface area contributed by atoms with E-state index >= 15 is 0 Å². The summed E-state index contributed by atoms with van der Waals surface area (Å²) in [6.07, 6.45) is 11.8. The molecule has 2 aliphatic heterocycles. The van der Waals surface area contributed by atoms with Gasteiger partial charge in [-0.1, -0.05) is 6.42 Å². The molecule has 0 aromatic carbocycles. The Labute approximate surface area is 116 Å². The zero-order chi connectivity index (χ0) is 12.9. The molecule has 0 unspecified atom stereocenters. The molecule has 2 fully saturated rings. The molecule has 0 amide bonds. The number of imidazole rings is 1.